The average Bonchev–Trinajstić information content (AvgIpc) is 3.31. The van der Waals surface area contributed by atoms with Gasteiger partial charge in [-0.2, -0.15) is 4.98 Å². The number of methoxy groups -OCH3 is 1. The van der Waals surface area contributed by atoms with Crippen LogP contribution in [0.25, 0.3) is 28.4 Å². The maximum atomic E-state index is 14.6. The number of carbonyl (C=O) groups is 1. The predicted octanol–water partition coefficient (Wildman–Crippen LogP) is 5.39. The number of aromatic nitrogens is 2. The Labute approximate surface area is 198 Å². The topological polar surface area (TPSA) is 97.5 Å². The number of aliphatic carboxylic acids is 1. The van der Waals surface area contributed by atoms with Crippen LogP contribution in [-0.4, -0.2) is 34.9 Å². The van der Waals surface area contributed by atoms with Crippen molar-refractivity contribution in [3.05, 3.63) is 77.1 Å². The molecule has 0 aliphatic heterocycles. The highest BCUT2D eigenvalue weighted by Gasteiger charge is 2.16. The van der Waals surface area contributed by atoms with E-state index in [0.29, 0.717) is 42.4 Å². The molecular formula is C26H28FN3O4. The lowest BCUT2D eigenvalue weighted by atomic mass is 9.95. The van der Waals surface area contributed by atoms with Crippen molar-refractivity contribution in [2.24, 2.45) is 0 Å². The summed E-state index contributed by atoms with van der Waals surface area (Å²) in [4.78, 5) is 15.1. The van der Waals surface area contributed by atoms with Gasteiger partial charge in [0.2, 0.25) is 5.82 Å². The average molecular weight is 466 g/mol. The van der Waals surface area contributed by atoms with Crippen molar-refractivity contribution < 1.29 is 23.6 Å². The summed E-state index contributed by atoms with van der Waals surface area (Å²) in [6, 6.07) is 13.0. The molecule has 0 saturated carbocycles. The van der Waals surface area contributed by atoms with Crippen molar-refractivity contribution in [1.29, 1.82) is 0 Å². The molecule has 3 aromatic rings. The van der Waals surface area contributed by atoms with E-state index in [1.165, 1.54) is 6.08 Å². The molecule has 0 bridgehead atoms. The van der Waals surface area contributed by atoms with Crippen LogP contribution in [0.15, 0.2) is 65.0 Å². The van der Waals surface area contributed by atoms with Gasteiger partial charge in [-0.25, -0.2) is 4.39 Å². The predicted molar refractivity (Wildman–Crippen MR) is 128 cm³/mol. The van der Waals surface area contributed by atoms with E-state index in [1.807, 2.05) is 49.4 Å². The lowest BCUT2D eigenvalue weighted by molar-refractivity contribution is -0.136. The Bertz CT molecular complexity index is 1180. The first kappa shape index (κ1) is 25.0. The van der Waals surface area contributed by atoms with Crippen molar-refractivity contribution in [3.63, 3.8) is 0 Å². The Morgan fingerprint density at radius 3 is 2.59 bits per heavy atom. The SMILES string of the molecule is CC=CC(F)=C(CC)c1ccc(-c2nc(-c3ccc(CNCC(=O)O)cc3)no2)cc1COC. The number of nitrogens with zero attached hydrogens (tertiary/aromatic N) is 2. The van der Waals surface area contributed by atoms with Gasteiger partial charge in [0.25, 0.3) is 5.89 Å². The van der Waals surface area contributed by atoms with Gasteiger partial charge >= 0.3 is 5.97 Å². The molecule has 1 aromatic heterocycles. The van der Waals surface area contributed by atoms with Crippen LogP contribution in [0.1, 0.15) is 37.0 Å². The van der Waals surface area contributed by atoms with Gasteiger partial charge in [0.1, 0.15) is 5.83 Å². The molecule has 0 spiro atoms. The van der Waals surface area contributed by atoms with Crippen LogP contribution in [0.3, 0.4) is 0 Å². The molecule has 1 heterocycles. The van der Waals surface area contributed by atoms with Crippen molar-refractivity contribution in [2.75, 3.05) is 13.7 Å². The van der Waals surface area contributed by atoms with E-state index in [-0.39, 0.29) is 12.4 Å². The van der Waals surface area contributed by atoms with Crippen molar-refractivity contribution >= 4 is 11.5 Å². The molecule has 2 aromatic carbocycles. The van der Waals surface area contributed by atoms with Gasteiger partial charge in [-0.05, 0) is 53.8 Å². The molecule has 0 radical (unpaired) electrons. The number of rotatable bonds is 11. The number of hydrogen-bond donors (Lipinski definition) is 2. The maximum Gasteiger partial charge on any atom is 0.317 e. The Balaban J connectivity index is 1.85. The van der Waals surface area contributed by atoms with Crippen LogP contribution in [0.4, 0.5) is 4.39 Å². The van der Waals surface area contributed by atoms with Crippen LogP contribution in [0, 0.1) is 0 Å². The number of carboxylic acid groups (broad SMARTS) is 1. The van der Waals surface area contributed by atoms with Crippen LogP contribution in [-0.2, 0) is 22.7 Å². The van der Waals surface area contributed by atoms with E-state index >= 15 is 0 Å². The molecule has 8 heteroatoms. The molecular weight excluding hydrogens is 437 g/mol. The minimum absolute atomic E-state index is 0.0999. The molecule has 34 heavy (non-hydrogen) atoms. The summed E-state index contributed by atoms with van der Waals surface area (Å²) in [5.74, 6) is -0.382. The standard InChI is InChI=1S/C26H28FN3O4/c1-4-6-23(27)21(5-2)22-12-11-19(13-20(22)16-33-3)26-29-25(30-34-26)18-9-7-17(8-10-18)14-28-15-24(31)32/h4,6-13,28H,5,14-16H2,1-3H3,(H,31,32). The van der Waals surface area contributed by atoms with Gasteiger partial charge in [-0.3, -0.25) is 4.79 Å². The van der Waals surface area contributed by atoms with Crippen LogP contribution >= 0.6 is 0 Å². The van der Waals surface area contributed by atoms with Crippen LogP contribution in [0.2, 0.25) is 0 Å². The minimum atomic E-state index is -0.900. The first-order valence-electron chi connectivity index (χ1n) is 11.0. The highest BCUT2D eigenvalue weighted by molar-refractivity contribution is 5.74. The summed E-state index contributed by atoms with van der Waals surface area (Å²) >= 11 is 0. The summed E-state index contributed by atoms with van der Waals surface area (Å²) < 4.78 is 25.5. The summed E-state index contributed by atoms with van der Waals surface area (Å²) in [7, 11) is 1.60. The number of benzene rings is 2. The third-order valence-corrected chi connectivity index (χ3v) is 5.18. The lowest BCUT2D eigenvalue weighted by Gasteiger charge is -2.13. The molecule has 7 nitrogen and oxygen atoms in total. The summed E-state index contributed by atoms with van der Waals surface area (Å²) in [6.45, 7) is 4.36. The second kappa shape index (κ2) is 12.0. The second-order valence-electron chi connectivity index (χ2n) is 7.60. The first-order valence-corrected chi connectivity index (χ1v) is 11.0. The first-order chi connectivity index (χ1) is 16.5. The third kappa shape index (κ3) is 6.24. The van der Waals surface area contributed by atoms with Crippen molar-refractivity contribution in [3.8, 4) is 22.8 Å². The van der Waals surface area contributed by atoms with Crippen molar-refractivity contribution in [1.82, 2.24) is 15.5 Å². The zero-order valence-electron chi connectivity index (χ0n) is 19.5. The Kier molecular flexibility index (Phi) is 8.84. The number of nitrogens with one attached hydrogen (secondary N) is 1. The van der Waals surface area contributed by atoms with Crippen molar-refractivity contribution in [2.45, 2.75) is 33.4 Å². The second-order valence-corrected chi connectivity index (χ2v) is 7.60. The fourth-order valence-corrected chi connectivity index (χ4v) is 3.57. The normalized spacial score (nSPS) is 12.2. The van der Waals surface area contributed by atoms with Gasteiger partial charge < -0.3 is 19.7 Å². The fraction of sp³-hybridized carbons (Fsp3) is 0.269. The highest BCUT2D eigenvalue weighted by Crippen LogP contribution is 2.31. The van der Waals surface area contributed by atoms with E-state index < -0.39 is 5.97 Å². The number of carboxylic acids is 1. The highest BCUT2D eigenvalue weighted by atomic mass is 19.1. The monoisotopic (exact) mass is 465 g/mol. The quantitative estimate of drug-likeness (QED) is 0.366. The molecule has 0 aliphatic carbocycles. The van der Waals surface area contributed by atoms with Gasteiger partial charge in [0.05, 0.1) is 13.2 Å². The van der Waals surface area contributed by atoms with Gasteiger partial charge in [0, 0.05) is 24.8 Å². The molecule has 0 amide bonds. The fourth-order valence-electron chi connectivity index (χ4n) is 3.57. The molecule has 0 fully saturated rings. The van der Waals surface area contributed by atoms with E-state index in [1.54, 1.807) is 20.1 Å². The number of hydrogen-bond acceptors (Lipinski definition) is 6. The van der Waals surface area contributed by atoms with E-state index in [2.05, 4.69) is 15.5 Å². The summed E-state index contributed by atoms with van der Waals surface area (Å²) in [5.41, 5.74) is 4.66. The maximum absolute atomic E-state index is 14.6. The molecule has 0 saturated heterocycles. The van der Waals surface area contributed by atoms with Gasteiger partial charge in [-0.1, -0.05) is 48.5 Å². The third-order valence-electron chi connectivity index (χ3n) is 5.18. The Morgan fingerprint density at radius 1 is 1.21 bits per heavy atom. The van der Waals surface area contributed by atoms with Gasteiger partial charge in [-0.15, -0.1) is 0 Å². The lowest BCUT2D eigenvalue weighted by Crippen LogP contribution is -2.21. The number of ether oxygens (including phenoxy) is 1. The Hall–Kier alpha value is -3.62. The largest absolute Gasteiger partial charge is 0.480 e. The van der Waals surface area contributed by atoms with E-state index in [9.17, 15) is 9.18 Å². The van der Waals surface area contributed by atoms with E-state index in [0.717, 1.165) is 22.3 Å². The zero-order chi connectivity index (χ0) is 24.5. The molecule has 0 atom stereocenters. The van der Waals surface area contributed by atoms with Gasteiger partial charge in [0.15, 0.2) is 0 Å². The summed E-state index contributed by atoms with van der Waals surface area (Å²) in [6.07, 6.45) is 3.67. The van der Waals surface area contributed by atoms with E-state index in [4.69, 9.17) is 14.4 Å². The zero-order valence-corrected chi connectivity index (χ0v) is 19.5. The summed E-state index contributed by atoms with van der Waals surface area (Å²) in [5, 5.41) is 15.6. The van der Waals surface area contributed by atoms with Crippen LogP contribution < -0.4 is 5.32 Å². The van der Waals surface area contributed by atoms with Crippen LogP contribution in [0.5, 0.6) is 0 Å². The molecule has 2 N–H and O–H groups in total. The smallest absolute Gasteiger partial charge is 0.317 e. The molecule has 0 aliphatic rings. The molecule has 3 rings (SSSR count). The Morgan fingerprint density at radius 2 is 1.94 bits per heavy atom. The molecule has 178 valence electrons. The minimum Gasteiger partial charge on any atom is -0.480 e. The number of halogens is 1. The number of allylic oxidation sites excluding steroid dienone is 4. The molecule has 0 unspecified atom stereocenters.